The lowest BCUT2D eigenvalue weighted by Gasteiger charge is -2.28. The van der Waals surface area contributed by atoms with Crippen molar-refractivity contribution in [1.29, 1.82) is 0 Å². The van der Waals surface area contributed by atoms with Gasteiger partial charge in [0.25, 0.3) is 0 Å². The van der Waals surface area contributed by atoms with Gasteiger partial charge in [-0.05, 0) is 45.4 Å². The number of aryl methyl sites for hydroxylation is 1. The van der Waals surface area contributed by atoms with Crippen LogP contribution in [0.15, 0.2) is 22.6 Å². The number of rotatable bonds is 7. The van der Waals surface area contributed by atoms with E-state index in [9.17, 15) is 9.18 Å². The van der Waals surface area contributed by atoms with E-state index in [0.29, 0.717) is 24.5 Å². The SMILES string of the molecule is COc1ccc(F)c(-c2nc(CN(C[C@H]3CCC(=O)N3)C(C)C)c(C)o2)c1. The van der Waals surface area contributed by atoms with Gasteiger partial charge in [-0.3, -0.25) is 9.69 Å². The molecular formula is C20H26FN3O3. The van der Waals surface area contributed by atoms with Crippen LogP contribution in [0, 0.1) is 12.7 Å². The molecular weight excluding hydrogens is 349 g/mol. The van der Waals surface area contributed by atoms with Gasteiger partial charge in [0.1, 0.15) is 17.3 Å². The third-order valence-electron chi connectivity index (χ3n) is 4.92. The lowest BCUT2D eigenvalue weighted by atomic mass is 10.1. The Balaban J connectivity index is 1.79. The first-order valence-electron chi connectivity index (χ1n) is 9.21. The van der Waals surface area contributed by atoms with Crippen molar-refractivity contribution in [2.24, 2.45) is 0 Å². The topological polar surface area (TPSA) is 67.6 Å². The standard InChI is InChI=1S/C20H26FN3O3/c1-12(2)24(10-14-5-8-19(25)22-14)11-18-13(3)27-20(23-18)16-9-15(26-4)6-7-17(16)21/h6-7,9,12,14H,5,8,10-11H2,1-4H3,(H,22,25)/t14-/m1/s1. The molecule has 0 saturated carbocycles. The number of halogens is 1. The number of carbonyl (C=O) groups is 1. The first-order valence-corrected chi connectivity index (χ1v) is 9.21. The number of ether oxygens (including phenoxy) is 1. The Bertz CT molecular complexity index is 819. The van der Waals surface area contributed by atoms with Crippen molar-refractivity contribution in [1.82, 2.24) is 15.2 Å². The molecule has 0 aliphatic carbocycles. The van der Waals surface area contributed by atoms with Crippen LogP contribution in [0.2, 0.25) is 0 Å². The fraction of sp³-hybridized carbons (Fsp3) is 0.500. The van der Waals surface area contributed by atoms with E-state index in [1.54, 1.807) is 12.1 Å². The van der Waals surface area contributed by atoms with Crippen molar-refractivity contribution in [2.75, 3.05) is 13.7 Å². The number of hydrogen-bond acceptors (Lipinski definition) is 5. The molecule has 1 N–H and O–H groups in total. The Kier molecular flexibility index (Phi) is 5.79. The van der Waals surface area contributed by atoms with Crippen LogP contribution < -0.4 is 10.1 Å². The molecule has 0 bridgehead atoms. The highest BCUT2D eigenvalue weighted by Crippen LogP contribution is 2.28. The minimum atomic E-state index is -0.405. The number of carbonyl (C=O) groups excluding carboxylic acids is 1. The maximum atomic E-state index is 14.2. The molecule has 1 aliphatic rings. The number of methoxy groups -OCH3 is 1. The Hall–Kier alpha value is -2.41. The summed E-state index contributed by atoms with van der Waals surface area (Å²) in [6, 6.07) is 4.92. The summed E-state index contributed by atoms with van der Waals surface area (Å²) in [6.07, 6.45) is 1.43. The molecule has 1 aromatic carbocycles. The summed E-state index contributed by atoms with van der Waals surface area (Å²) in [5.74, 6) is 1.16. The lowest BCUT2D eigenvalue weighted by Crippen LogP contribution is -2.41. The van der Waals surface area contributed by atoms with E-state index in [2.05, 4.69) is 29.0 Å². The van der Waals surface area contributed by atoms with Crippen LogP contribution in [0.3, 0.4) is 0 Å². The van der Waals surface area contributed by atoms with Crippen molar-refractivity contribution < 1.29 is 18.3 Å². The summed E-state index contributed by atoms with van der Waals surface area (Å²) in [6.45, 7) is 7.37. The molecule has 1 atom stereocenters. The van der Waals surface area contributed by atoms with E-state index in [1.165, 1.54) is 13.2 Å². The van der Waals surface area contributed by atoms with Crippen molar-refractivity contribution in [2.45, 2.75) is 52.2 Å². The molecule has 0 radical (unpaired) electrons. The van der Waals surface area contributed by atoms with Crippen LogP contribution in [0.1, 0.15) is 38.1 Å². The molecule has 3 rings (SSSR count). The van der Waals surface area contributed by atoms with Gasteiger partial charge in [0, 0.05) is 31.6 Å². The fourth-order valence-corrected chi connectivity index (χ4v) is 3.23. The van der Waals surface area contributed by atoms with Gasteiger partial charge in [-0.25, -0.2) is 9.37 Å². The van der Waals surface area contributed by atoms with Crippen LogP contribution >= 0.6 is 0 Å². The van der Waals surface area contributed by atoms with Gasteiger partial charge in [-0.15, -0.1) is 0 Å². The van der Waals surface area contributed by atoms with E-state index in [-0.39, 0.29) is 29.4 Å². The molecule has 1 aliphatic heterocycles. The second-order valence-electron chi connectivity index (χ2n) is 7.19. The molecule has 1 fully saturated rings. The van der Waals surface area contributed by atoms with Crippen LogP contribution in [0.4, 0.5) is 4.39 Å². The van der Waals surface area contributed by atoms with E-state index in [1.807, 2.05) is 6.92 Å². The van der Waals surface area contributed by atoms with Gasteiger partial charge in [-0.2, -0.15) is 0 Å². The van der Waals surface area contributed by atoms with Crippen molar-refractivity contribution in [3.05, 3.63) is 35.5 Å². The zero-order valence-corrected chi connectivity index (χ0v) is 16.2. The average molecular weight is 375 g/mol. The normalized spacial score (nSPS) is 17.0. The van der Waals surface area contributed by atoms with Crippen LogP contribution in [-0.4, -0.2) is 41.5 Å². The second-order valence-corrected chi connectivity index (χ2v) is 7.19. The average Bonchev–Trinajstić information content (AvgIpc) is 3.20. The van der Waals surface area contributed by atoms with Crippen molar-refractivity contribution in [3.63, 3.8) is 0 Å². The van der Waals surface area contributed by atoms with E-state index in [4.69, 9.17) is 9.15 Å². The number of nitrogens with zero attached hydrogens (tertiary/aromatic N) is 2. The first kappa shape index (κ1) is 19.4. The quantitative estimate of drug-likeness (QED) is 0.804. The Labute approximate surface area is 158 Å². The highest BCUT2D eigenvalue weighted by Gasteiger charge is 2.25. The maximum absolute atomic E-state index is 14.2. The molecule has 6 nitrogen and oxygen atoms in total. The van der Waals surface area contributed by atoms with Crippen LogP contribution in [-0.2, 0) is 11.3 Å². The number of hydrogen-bond donors (Lipinski definition) is 1. The molecule has 146 valence electrons. The molecule has 2 aromatic rings. The third-order valence-corrected chi connectivity index (χ3v) is 4.92. The predicted octanol–water partition coefficient (Wildman–Crippen LogP) is 3.29. The molecule has 27 heavy (non-hydrogen) atoms. The molecule has 0 spiro atoms. The summed E-state index contributed by atoms with van der Waals surface area (Å²) in [5, 5.41) is 3.00. The van der Waals surface area contributed by atoms with Gasteiger partial charge in [0.05, 0.1) is 18.4 Å². The Morgan fingerprint density at radius 1 is 1.44 bits per heavy atom. The molecule has 1 amide bonds. The second kappa shape index (κ2) is 8.08. The first-order chi connectivity index (χ1) is 12.9. The number of aromatic nitrogens is 1. The van der Waals surface area contributed by atoms with Crippen molar-refractivity contribution in [3.8, 4) is 17.2 Å². The molecule has 1 saturated heterocycles. The highest BCUT2D eigenvalue weighted by molar-refractivity contribution is 5.78. The van der Waals surface area contributed by atoms with Gasteiger partial charge >= 0.3 is 0 Å². The lowest BCUT2D eigenvalue weighted by molar-refractivity contribution is -0.119. The number of oxazole rings is 1. The molecule has 1 aromatic heterocycles. The van der Waals surface area contributed by atoms with Gasteiger partial charge < -0.3 is 14.5 Å². The van der Waals surface area contributed by atoms with Gasteiger partial charge in [0.15, 0.2) is 0 Å². The summed E-state index contributed by atoms with van der Waals surface area (Å²) < 4.78 is 25.1. The van der Waals surface area contributed by atoms with Gasteiger partial charge in [0.2, 0.25) is 11.8 Å². The monoisotopic (exact) mass is 375 g/mol. The molecule has 7 heteroatoms. The predicted molar refractivity (Wildman–Crippen MR) is 99.9 cm³/mol. The van der Waals surface area contributed by atoms with Crippen LogP contribution in [0.25, 0.3) is 11.5 Å². The van der Waals surface area contributed by atoms with Crippen molar-refractivity contribution >= 4 is 5.91 Å². The summed E-state index contributed by atoms with van der Waals surface area (Å²) in [4.78, 5) is 18.2. The molecule has 0 unspecified atom stereocenters. The minimum absolute atomic E-state index is 0.108. The minimum Gasteiger partial charge on any atom is -0.497 e. The summed E-state index contributed by atoms with van der Waals surface area (Å²) >= 11 is 0. The summed E-state index contributed by atoms with van der Waals surface area (Å²) in [7, 11) is 1.53. The van der Waals surface area contributed by atoms with Crippen LogP contribution in [0.5, 0.6) is 5.75 Å². The Morgan fingerprint density at radius 2 is 2.22 bits per heavy atom. The fourth-order valence-electron chi connectivity index (χ4n) is 3.23. The Morgan fingerprint density at radius 3 is 2.85 bits per heavy atom. The zero-order valence-electron chi connectivity index (χ0n) is 16.2. The van der Waals surface area contributed by atoms with Gasteiger partial charge in [-0.1, -0.05) is 0 Å². The largest absolute Gasteiger partial charge is 0.497 e. The summed E-state index contributed by atoms with van der Waals surface area (Å²) in [5.41, 5.74) is 1.05. The van der Waals surface area contributed by atoms with E-state index in [0.717, 1.165) is 18.7 Å². The molecule has 2 heterocycles. The zero-order chi connectivity index (χ0) is 19.6. The third kappa shape index (κ3) is 4.47. The number of nitrogens with one attached hydrogen (secondary N) is 1. The number of amides is 1. The smallest absolute Gasteiger partial charge is 0.229 e. The highest BCUT2D eigenvalue weighted by atomic mass is 19.1. The maximum Gasteiger partial charge on any atom is 0.229 e. The number of benzene rings is 1. The van der Waals surface area contributed by atoms with E-state index < -0.39 is 5.82 Å². The van der Waals surface area contributed by atoms with E-state index >= 15 is 0 Å².